The molecule has 0 aliphatic carbocycles. The Morgan fingerprint density at radius 1 is 1.69 bits per heavy atom. The van der Waals surface area contributed by atoms with E-state index in [2.05, 4.69) is 12.3 Å². The Kier molecular flexibility index (Phi) is 5.37. The summed E-state index contributed by atoms with van der Waals surface area (Å²) in [5, 5.41) is 0. The first-order valence-electron chi connectivity index (χ1n) is 5.04. The van der Waals surface area contributed by atoms with E-state index in [1.54, 1.807) is 17.8 Å². The van der Waals surface area contributed by atoms with Gasteiger partial charge in [0.2, 0.25) is 0 Å². The van der Waals surface area contributed by atoms with Gasteiger partial charge in [-0.3, -0.25) is 10.2 Å². The zero-order valence-corrected chi connectivity index (χ0v) is 10.0. The molecular formula is C10H17N3O2S. The van der Waals surface area contributed by atoms with Gasteiger partial charge in [-0.05, 0) is 24.3 Å². The van der Waals surface area contributed by atoms with Crippen LogP contribution in [0, 0.1) is 5.92 Å². The molecule has 0 bridgehead atoms. The molecule has 1 rings (SSSR count). The number of hydrazine groups is 1. The number of furan rings is 1. The molecule has 0 aromatic carbocycles. The lowest BCUT2D eigenvalue weighted by Crippen LogP contribution is -2.30. The Bertz CT molecular complexity index is 341. The number of amides is 1. The average Bonchev–Trinajstić information content (AvgIpc) is 2.76. The van der Waals surface area contributed by atoms with E-state index in [0.29, 0.717) is 29.5 Å². The first-order valence-corrected chi connectivity index (χ1v) is 6.19. The van der Waals surface area contributed by atoms with Gasteiger partial charge >= 0.3 is 0 Å². The van der Waals surface area contributed by atoms with E-state index in [9.17, 15) is 4.79 Å². The molecule has 0 spiro atoms. The highest BCUT2D eigenvalue weighted by Gasteiger charge is 2.13. The molecule has 1 atom stereocenters. The van der Waals surface area contributed by atoms with Crippen LogP contribution in [0.15, 0.2) is 16.7 Å². The summed E-state index contributed by atoms with van der Waals surface area (Å²) in [6, 6.07) is 1.62. The Labute approximate surface area is 98.9 Å². The van der Waals surface area contributed by atoms with Crippen molar-refractivity contribution < 1.29 is 9.21 Å². The molecule has 5 nitrogen and oxygen atoms in total. The summed E-state index contributed by atoms with van der Waals surface area (Å²) in [6.07, 6.45) is 1.49. The van der Waals surface area contributed by atoms with E-state index in [1.807, 2.05) is 0 Å². The topological polar surface area (TPSA) is 94.3 Å². The predicted molar refractivity (Wildman–Crippen MR) is 64.7 cm³/mol. The minimum Gasteiger partial charge on any atom is -0.468 e. The van der Waals surface area contributed by atoms with Gasteiger partial charge in [-0.25, -0.2) is 5.84 Å². The molecule has 1 amide bonds. The van der Waals surface area contributed by atoms with Gasteiger partial charge in [0.15, 0.2) is 0 Å². The molecular weight excluding hydrogens is 226 g/mol. The fourth-order valence-corrected chi connectivity index (χ4v) is 2.22. The fourth-order valence-electron chi connectivity index (χ4n) is 1.15. The molecule has 16 heavy (non-hydrogen) atoms. The first-order chi connectivity index (χ1) is 7.69. The third-order valence-corrected chi connectivity index (χ3v) is 3.43. The highest BCUT2D eigenvalue weighted by Crippen LogP contribution is 2.19. The van der Waals surface area contributed by atoms with Crippen molar-refractivity contribution in [1.29, 1.82) is 0 Å². The molecule has 1 aromatic heterocycles. The molecule has 6 heteroatoms. The van der Waals surface area contributed by atoms with Crippen molar-refractivity contribution in [1.82, 2.24) is 5.43 Å². The third kappa shape index (κ3) is 3.55. The van der Waals surface area contributed by atoms with Crippen molar-refractivity contribution in [3.63, 3.8) is 0 Å². The van der Waals surface area contributed by atoms with Crippen molar-refractivity contribution >= 4 is 17.7 Å². The third-order valence-electron chi connectivity index (χ3n) is 2.16. The molecule has 0 saturated carbocycles. The summed E-state index contributed by atoms with van der Waals surface area (Å²) < 4.78 is 5.23. The van der Waals surface area contributed by atoms with Crippen LogP contribution in [0.25, 0.3) is 0 Å². The van der Waals surface area contributed by atoms with Gasteiger partial charge in [0.25, 0.3) is 5.91 Å². The molecule has 1 aromatic rings. The Hall–Kier alpha value is -0.980. The second-order valence-electron chi connectivity index (χ2n) is 3.59. The molecule has 0 radical (unpaired) electrons. The minimum atomic E-state index is -0.323. The second kappa shape index (κ2) is 6.57. The van der Waals surface area contributed by atoms with Crippen molar-refractivity contribution in [3.8, 4) is 0 Å². The summed E-state index contributed by atoms with van der Waals surface area (Å²) in [6.45, 7) is 2.75. The molecule has 5 N–H and O–H groups in total. The lowest BCUT2D eigenvalue weighted by atomic mass is 10.2. The molecule has 1 unspecified atom stereocenters. The number of nitrogens with two attached hydrogens (primary N) is 2. The summed E-state index contributed by atoms with van der Waals surface area (Å²) in [5.74, 6) is 7.46. The fraction of sp³-hybridized carbons (Fsp3) is 0.500. The number of thioether (sulfide) groups is 1. The number of nitrogen functional groups attached to an aromatic ring is 1. The van der Waals surface area contributed by atoms with E-state index >= 15 is 0 Å². The molecule has 0 saturated heterocycles. The van der Waals surface area contributed by atoms with Crippen LogP contribution in [0.5, 0.6) is 0 Å². The molecule has 1 heterocycles. The van der Waals surface area contributed by atoms with Gasteiger partial charge in [-0.15, -0.1) is 0 Å². The largest absolute Gasteiger partial charge is 0.468 e. The zero-order chi connectivity index (χ0) is 12.0. The van der Waals surface area contributed by atoms with Crippen LogP contribution in [0.1, 0.15) is 23.0 Å². The quantitative estimate of drug-likeness (QED) is 0.388. The molecule has 0 aliphatic heterocycles. The number of hydrogen-bond donors (Lipinski definition) is 3. The number of hydrogen-bond acceptors (Lipinski definition) is 5. The van der Waals surface area contributed by atoms with Crippen LogP contribution in [-0.2, 0) is 5.75 Å². The normalized spacial score (nSPS) is 12.4. The average molecular weight is 243 g/mol. The maximum atomic E-state index is 11.3. The van der Waals surface area contributed by atoms with Gasteiger partial charge in [0, 0.05) is 0 Å². The van der Waals surface area contributed by atoms with Crippen LogP contribution >= 0.6 is 11.8 Å². The number of nitrogens with one attached hydrogen (secondary N) is 1. The smallest absolute Gasteiger partial charge is 0.268 e. The lowest BCUT2D eigenvalue weighted by molar-refractivity contribution is 0.0952. The molecule has 0 fully saturated rings. The van der Waals surface area contributed by atoms with Crippen molar-refractivity contribution in [3.05, 3.63) is 23.7 Å². The van der Waals surface area contributed by atoms with E-state index in [0.717, 1.165) is 5.75 Å². The summed E-state index contributed by atoms with van der Waals surface area (Å²) >= 11 is 1.69. The van der Waals surface area contributed by atoms with Crippen LogP contribution in [0.3, 0.4) is 0 Å². The van der Waals surface area contributed by atoms with Crippen molar-refractivity contribution in [2.75, 3.05) is 12.3 Å². The summed E-state index contributed by atoms with van der Waals surface area (Å²) in [5.41, 5.74) is 8.10. The van der Waals surface area contributed by atoms with E-state index in [1.165, 1.54) is 6.26 Å². The summed E-state index contributed by atoms with van der Waals surface area (Å²) in [7, 11) is 0. The Morgan fingerprint density at radius 2 is 2.44 bits per heavy atom. The predicted octanol–water partition coefficient (Wildman–Crippen LogP) is 0.711. The minimum absolute atomic E-state index is 0.323. The van der Waals surface area contributed by atoms with Crippen molar-refractivity contribution in [2.45, 2.75) is 12.7 Å². The van der Waals surface area contributed by atoms with Crippen LogP contribution in [0.4, 0.5) is 0 Å². The van der Waals surface area contributed by atoms with Crippen molar-refractivity contribution in [2.24, 2.45) is 17.5 Å². The van der Waals surface area contributed by atoms with E-state index in [-0.39, 0.29) is 5.91 Å². The Morgan fingerprint density at radius 3 is 3.06 bits per heavy atom. The maximum absolute atomic E-state index is 11.3. The second-order valence-corrected chi connectivity index (χ2v) is 4.62. The monoisotopic (exact) mass is 243 g/mol. The molecule has 0 aliphatic rings. The summed E-state index contributed by atoms with van der Waals surface area (Å²) in [4.78, 5) is 11.3. The van der Waals surface area contributed by atoms with E-state index < -0.39 is 0 Å². The number of rotatable bonds is 6. The van der Waals surface area contributed by atoms with Gasteiger partial charge in [0.1, 0.15) is 5.76 Å². The zero-order valence-electron chi connectivity index (χ0n) is 9.23. The van der Waals surface area contributed by atoms with E-state index in [4.69, 9.17) is 16.0 Å². The van der Waals surface area contributed by atoms with Crippen LogP contribution in [0.2, 0.25) is 0 Å². The highest BCUT2D eigenvalue weighted by molar-refractivity contribution is 7.98. The van der Waals surface area contributed by atoms with Gasteiger partial charge < -0.3 is 10.2 Å². The number of carbonyl (C=O) groups excluding carboxylic acids is 1. The van der Waals surface area contributed by atoms with Gasteiger partial charge in [-0.2, -0.15) is 11.8 Å². The van der Waals surface area contributed by atoms with Crippen LogP contribution in [-0.4, -0.2) is 18.2 Å². The standard InChI is InChI=1S/C10H17N3O2S/c1-7(4-11)5-16-6-9-8(2-3-15-9)10(14)13-12/h2-3,7H,4-6,11-12H2,1H3,(H,13,14). The van der Waals surface area contributed by atoms with Gasteiger partial charge in [-0.1, -0.05) is 6.92 Å². The lowest BCUT2D eigenvalue weighted by Gasteiger charge is -2.07. The van der Waals surface area contributed by atoms with Gasteiger partial charge in [0.05, 0.1) is 17.6 Å². The van der Waals surface area contributed by atoms with Crippen LogP contribution < -0.4 is 17.0 Å². The Balaban J connectivity index is 2.48. The SMILES string of the molecule is CC(CN)CSCc1occc1C(=O)NN. The first kappa shape index (κ1) is 13.1. The number of carbonyl (C=O) groups is 1. The highest BCUT2D eigenvalue weighted by atomic mass is 32.2. The molecule has 90 valence electrons. The maximum Gasteiger partial charge on any atom is 0.268 e.